The van der Waals surface area contributed by atoms with Gasteiger partial charge in [-0.25, -0.2) is 12.0 Å². The molecular weight excluding hydrogens is 154 g/mol. The lowest BCUT2D eigenvalue weighted by Gasteiger charge is -2.00. The fraction of sp³-hybridized carbons (Fsp3) is 1.00. The molecule has 4 N–H and O–H groups in total. The van der Waals surface area contributed by atoms with Crippen LogP contribution >= 0.6 is 12.0 Å². The van der Waals surface area contributed by atoms with E-state index in [-0.39, 0.29) is 6.15 Å². The van der Waals surface area contributed by atoms with Gasteiger partial charge >= 0.3 is 0 Å². The van der Waals surface area contributed by atoms with Crippen LogP contribution in [0.2, 0.25) is 0 Å². The molecule has 7 heteroatoms. The van der Waals surface area contributed by atoms with E-state index in [1.54, 1.807) is 0 Å². The van der Waals surface area contributed by atoms with Crippen molar-refractivity contribution in [2.24, 2.45) is 0 Å². The zero-order chi connectivity index (χ0) is 5.91. The van der Waals surface area contributed by atoms with Crippen molar-refractivity contribution in [1.82, 2.24) is 6.15 Å². The molecule has 0 amide bonds. The van der Waals surface area contributed by atoms with Crippen molar-refractivity contribution in [1.29, 1.82) is 0 Å². The Bertz CT molecular complexity index is 127. The van der Waals surface area contributed by atoms with Gasteiger partial charge in [-0.15, -0.1) is 0 Å². The summed E-state index contributed by atoms with van der Waals surface area (Å²) in [7, 11) is -4.46. The first-order valence-corrected chi connectivity index (χ1v) is 3.72. The van der Waals surface area contributed by atoms with Gasteiger partial charge in [0.1, 0.15) is 0 Å². The summed E-state index contributed by atoms with van der Waals surface area (Å²) in [5.41, 5.74) is 0. The summed E-state index contributed by atoms with van der Waals surface area (Å²) < 4.78 is 31.9. The van der Waals surface area contributed by atoms with Crippen LogP contribution in [0.5, 0.6) is 0 Å². The summed E-state index contributed by atoms with van der Waals surface area (Å²) in [4.78, 5) is 0. The van der Waals surface area contributed by atoms with E-state index < -0.39 is 10.4 Å². The molecule has 0 heterocycles. The topological polar surface area (TPSA) is 103 Å². The molecule has 0 aromatic carbocycles. The Morgan fingerprint density at radius 3 is 2.00 bits per heavy atom. The zero-order valence-corrected chi connectivity index (χ0v) is 6.08. The van der Waals surface area contributed by atoms with Crippen LogP contribution in [0.3, 0.4) is 0 Å². The maximum Gasteiger partial charge on any atom is 0.228 e. The van der Waals surface area contributed by atoms with Gasteiger partial charge in [-0.3, -0.25) is 0 Å². The lowest BCUT2D eigenvalue weighted by Crippen LogP contribution is -1.95. The molecular formula is CH7NO4S2. The lowest BCUT2D eigenvalue weighted by atomic mass is 12.0. The molecule has 0 aromatic heterocycles. The second-order valence-corrected chi connectivity index (χ2v) is 2.34. The van der Waals surface area contributed by atoms with Crippen molar-refractivity contribution in [2.75, 3.05) is 6.26 Å². The van der Waals surface area contributed by atoms with Crippen LogP contribution < -0.4 is 6.15 Å². The SMILES string of the molecule is CSOS(=O)(=O)[O-].[NH4+]. The maximum atomic E-state index is 9.43. The smallest absolute Gasteiger partial charge is 0.228 e. The van der Waals surface area contributed by atoms with Gasteiger partial charge in [-0.05, 0) is 0 Å². The summed E-state index contributed by atoms with van der Waals surface area (Å²) in [6.07, 6.45) is 1.34. The number of rotatable bonds is 2. The first kappa shape index (κ1) is 11.0. The number of hydrogen-bond donors (Lipinski definition) is 1. The number of hydrogen-bond acceptors (Lipinski definition) is 5. The van der Waals surface area contributed by atoms with Crippen molar-refractivity contribution < 1.29 is 16.6 Å². The van der Waals surface area contributed by atoms with Crippen molar-refractivity contribution in [3.8, 4) is 0 Å². The fourth-order valence-corrected chi connectivity index (χ4v) is 0.750. The molecule has 0 rings (SSSR count). The summed E-state index contributed by atoms with van der Waals surface area (Å²) in [6, 6.07) is 0. The van der Waals surface area contributed by atoms with Crippen LogP contribution in [-0.4, -0.2) is 19.2 Å². The third-order valence-corrected chi connectivity index (χ3v) is 1.36. The van der Waals surface area contributed by atoms with Gasteiger partial charge < -0.3 is 10.7 Å². The molecule has 0 aliphatic carbocycles. The first-order chi connectivity index (χ1) is 3.06. The van der Waals surface area contributed by atoms with Gasteiger partial charge in [0.25, 0.3) is 0 Å². The van der Waals surface area contributed by atoms with E-state index in [4.69, 9.17) is 0 Å². The minimum atomic E-state index is -4.46. The molecule has 0 saturated heterocycles. The van der Waals surface area contributed by atoms with Crippen molar-refractivity contribution >= 4 is 22.4 Å². The van der Waals surface area contributed by atoms with Crippen LogP contribution in [0.25, 0.3) is 0 Å². The molecule has 5 nitrogen and oxygen atoms in total. The van der Waals surface area contributed by atoms with E-state index in [1.807, 2.05) is 0 Å². The Kier molecular flexibility index (Phi) is 5.66. The monoisotopic (exact) mass is 161 g/mol. The molecule has 0 spiro atoms. The van der Waals surface area contributed by atoms with E-state index >= 15 is 0 Å². The van der Waals surface area contributed by atoms with Gasteiger partial charge in [0, 0.05) is 18.3 Å². The molecule has 0 radical (unpaired) electrons. The van der Waals surface area contributed by atoms with Gasteiger partial charge in [-0.1, -0.05) is 0 Å². The summed E-state index contributed by atoms with van der Waals surface area (Å²) >= 11 is 0.508. The second-order valence-electron chi connectivity index (χ2n) is 0.643. The Morgan fingerprint density at radius 2 is 2.00 bits per heavy atom. The van der Waals surface area contributed by atoms with Crippen molar-refractivity contribution in [3.63, 3.8) is 0 Å². The summed E-state index contributed by atoms with van der Waals surface area (Å²) in [5, 5.41) is 0. The van der Waals surface area contributed by atoms with Crippen LogP contribution in [0.4, 0.5) is 0 Å². The van der Waals surface area contributed by atoms with E-state index in [9.17, 15) is 13.0 Å². The third kappa shape index (κ3) is 9.49. The highest BCUT2D eigenvalue weighted by atomic mass is 32.3. The fourth-order valence-electron chi connectivity index (χ4n) is 0.0833. The van der Waals surface area contributed by atoms with E-state index in [2.05, 4.69) is 3.63 Å². The molecule has 0 bridgehead atoms. The minimum absolute atomic E-state index is 0. The molecule has 0 unspecified atom stereocenters. The normalized spacial score (nSPS) is 10.2. The number of quaternary nitrogens is 1. The van der Waals surface area contributed by atoms with E-state index in [0.717, 1.165) is 0 Å². The molecule has 0 aromatic rings. The van der Waals surface area contributed by atoms with Gasteiger partial charge in [-0.2, -0.15) is 0 Å². The predicted molar refractivity (Wildman–Crippen MR) is 30.3 cm³/mol. The highest BCUT2D eigenvalue weighted by molar-refractivity contribution is 8.02. The molecule has 52 valence electrons. The molecule has 0 fully saturated rings. The summed E-state index contributed by atoms with van der Waals surface area (Å²) in [5.74, 6) is 0. The van der Waals surface area contributed by atoms with Crippen LogP contribution in [0.1, 0.15) is 0 Å². The van der Waals surface area contributed by atoms with Crippen LogP contribution in [-0.2, 0) is 14.0 Å². The lowest BCUT2D eigenvalue weighted by molar-refractivity contribution is 0.392. The Morgan fingerprint density at radius 1 is 1.62 bits per heavy atom. The van der Waals surface area contributed by atoms with E-state index in [1.165, 1.54) is 6.26 Å². The Hall–Kier alpha value is 0.180. The Balaban J connectivity index is 0. The predicted octanol–water partition coefficient (Wildman–Crippen LogP) is 0.117. The average molecular weight is 161 g/mol. The summed E-state index contributed by atoms with van der Waals surface area (Å²) in [6.45, 7) is 0. The molecule has 0 atom stereocenters. The first-order valence-electron chi connectivity index (χ1n) is 1.24. The molecule has 0 aliphatic heterocycles. The quantitative estimate of drug-likeness (QED) is 0.352. The molecule has 8 heavy (non-hydrogen) atoms. The standard InChI is InChI=1S/CH4O4S2.H3N/c1-6-5-7(2,3)4;/h1H3,(H,2,3,4);1H3. The maximum absolute atomic E-state index is 9.43. The average Bonchev–Trinajstić information content (AvgIpc) is 1.30. The largest absolute Gasteiger partial charge is 0.725 e. The van der Waals surface area contributed by atoms with Crippen LogP contribution in [0, 0.1) is 0 Å². The van der Waals surface area contributed by atoms with E-state index in [0.29, 0.717) is 12.0 Å². The molecule has 0 saturated carbocycles. The van der Waals surface area contributed by atoms with Gasteiger partial charge in [0.15, 0.2) is 0 Å². The van der Waals surface area contributed by atoms with Crippen molar-refractivity contribution in [3.05, 3.63) is 0 Å². The van der Waals surface area contributed by atoms with Gasteiger partial charge in [0.05, 0.1) is 0 Å². The Labute approximate surface area is 52.2 Å². The molecule has 0 aliphatic rings. The van der Waals surface area contributed by atoms with Crippen molar-refractivity contribution in [2.45, 2.75) is 0 Å². The highest BCUT2D eigenvalue weighted by Gasteiger charge is 1.86. The van der Waals surface area contributed by atoms with Gasteiger partial charge in [0.2, 0.25) is 10.4 Å². The van der Waals surface area contributed by atoms with Crippen LogP contribution in [0.15, 0.2) is 0 Å². The highest BCUT2D eigenvalue weighted by Crippen LogP contribution is 1.98. The zero-order valence-electron chi connectivity index (χ0n) is 4.45. The minimum Gasteiger partial charge on any atom is -0.725 e. The second kappa shape index (κ2) is 4.10. The third-order valence-electron chi connectivity index (χ3n) is 0.151.